The second kappa shape index (κ2) is 5.08. The lowest BCUT2D eigenvalue weighted by Crippen LogP contribution is -2.48. The van der Waals surface area contributed by atoms with Gasteiger partial charge in [0.25, 0.3) is 0 Å². The van der Waals surface area contributed by atoms with Crippen molar-refractivity contribution in [3.05, 3.63) is 0 Å². The van der Waals surface area contributed by atoms with E-state index in [9.17, 15) is 10.1 Å². The van der Waals surface area contributed by atoms with E-state index in [0.29, 0.717) is 0 Å². The van der Waals surface area contributed by atoms with E-state index >= 15 is 0 Å². The molecule has 0 aromatic heterocycles. The molecule has 17 heavy (non-hydrogen) atoms. The van der Waals surface area contributed by atoms with Crippen molar-refractivity contribution in [2.75, 3.05) is 0 Å². The summed E-state index contributed by atoms with van der Waals surface area (Å²) in [7, 11) is 0. The summed E-state index contributed by atoms with van der Waals surface area (Å²) in [5.74, 6) is 1.04. The fourth-order valence-electron chi connectivity index (χ4n) is 3.10. The summed E-state index contributed by atoms with van der Waals surface area (Å²) in [4.78, 5) is 12.2. The molecule has 94 valence electrons. The number of nitrogens with one attached hydrogen (secondary N) is 1. The highest BCUT2D eigenvalue weighted by atomic mass is 16.2. The molecule has 1 amide bonds. The molecule has 1 N–H and O–H groups in total. The first kappa shape index (κ1) is 12.4. The minimum atomic E-state index is -0.542. The second-order valence-electron chi connectivity index (χ2n) is 5.85. The molecule has 0 heterocycles. The molecule has 2 rings (SSSR count). The van der Waals surface area contributed by atoms with E-state index in [2.05, 4.69) is 18.3 Å². The summed E-state index contributed by atoms with van der Waals surface area (Å²) in [5, 5.41) is 12.3. The maximum absolute atomic E-state index is 12.2. The van der Waals surface area contributed by atoms with Crippen molar-refractivity contribution in [1.29, 1.82) is 5.26 Å². The van der Waals surface area contributed by atoms with Crippen LogP contribution in [0.4, 0.5) is 0 Å². The van der Waals surface area contributed by atoms with Gasteiger partial charge in [-0.2, -0.15) is 5.26 Å². The number of hydrogen-bond acceptors (Lipinski definition) is 2. The van der Waals surface area contributed by atoms with E-state index in [4.69, 9.17) is 0 Å². The Labute approximate surface area is 104 Å². The molecule has 2 aliphatic rings. The Balaban J connectivity index is 1.90. The van der Waals surface area contributed by atoms with Crippen LogP contribution in [-0.2, 0) is 4.79 Å². The lowest BCUT2D eigenvalue weighted by atomic mass is 9.82. The van der Waals surface area contributed by atoms with Gasteiger partial charge in [-0.1, -0.05) is 6.92 Å². The van der Waals surface area contributed by atoms with Gasteiger partial charge in [-0.25, -0.2) is 0 Å². The molecule has 0 saturated heterocycles. The van der Waals surface area contributed by atoms with Crippen molar-refractivity contribution in [2.45, 2.75) is 63.8 Å². The number of nitrogens with zero attached hydrogens (tertiary/aromatic N) is 1. The summed E-state index contributed by atoms with van der Waals surface area (Å²) in [5.41, 5.74) is -0.542. The summed E-state index contributed by atoms with van der Waals surface area (Å²) >= 11 is 0. The molecule has 2 aliphatic carbocycles. The van der Waals surface area contributed by atoms with E-state index in [-0.39, 0.29) is 11.8 Å². The summed E-state index contributed by atoms with van der Waals surface area (Å²) in [6.45, 7) is 2.25. The van der Waals surface area contributed by atoms with Crippen molar-refractivity contribution >= 4 is 5.91 Å². The monoisotopic (exact) mass is 234 g/mol. The van der Waals surface area contributed by atoms with Crippen LogP contribution in [0.2, 0.25) is 0 Å². The number of hydrogen-bond donors (Lipinski definition) is 1. The van der Waals surface area contributed by atoms with Crippen molar-refractivity contribution < 1.29 is 4.79 Å². The molecular weight excluding hydrogens is 212 g/mol. The minimum Gasteiger partial charge on any atom is -0.338 e. The van der Waals surface area contributed by atoms with Crippen LogP contribution in [0.15, 0.2) is 0 Å². The molecule has 0 aromatic rings. The first-order valence-corrected chi connectivity index (χ1v) is 6.88. The van der Waals surface area contributed by atoms with Gasteiger partial charge in [-0.15, -0.1) is 0 Å². The maximum Gasteiger partial charge on any atom is 0.224 e. The molecule has 0 radical (unpaired) electrons. The van der Waals surface area contributed by atoms with Crippen LogP contribution in [0.1, 0.15) is 58.3 Å². The third-order valence-electron chi connectivity index (χ3n) is 4.42. The molecule has 0 aliphatic heterocycles. The SMILES string of the molecule is CC1CCC(C(=O)NC2(C#N)CCCC2)CC1. The first-order chi connectivity index (χ1) is 8.15. The molecule has 3 heteroatoms. The quantitative estimate of drug-likeness (QED) is 0.798. The third-order valence-corrected chi connectivity index (χ3v) is 4.42. The first-order valence-electron chi connectivity index (χ1n) is 6.88. The molecule has 2 fully saturated rings. The van der Waals surface area contributed by atoms with Crippen LogP contribution in [-0.4, -0.2) is 11.4 Å². The third kappa shape index (κ3) is 2.80. The zero-order chi connectivity index (χ0) is 12.3. The predicted octanol–water partition coefficient (Wildman–Crippen LogP) is 2.77. The number of nitriles is 1. The predicted molar refractivity (Wildman–Crippen MR) is 66.1 cm³/mol. The van der Waals surface area contributed by atoms with E-state index < -0.39 is 5.54 Å². The Morgan fingerprint density at radius 1 is 1.24 bits per heavy atom. The van der Waals surface area contributed by atoms with Crippen LogP contribution < -0.4 is 5.32 Å². The van der Waals surface area contributed by atoms with Gasteiger partial charge in [-0.3, -0.25) is 4.79 Å². The van der Waals surface area contributed by atoms with Crippen molar-refractivity contribution in [3.63, 3.8) is 0 Å². The van der Waals surface area contributed by atoms with Crippen LogP contribution >= 0.6 is 0 Å². The Morgan fingerprint density at radius 3 is 2.35 bits per heavy atom. The molecule has 0 spiro atoms. The molecular formula is C14H22N2O. The largest absolute Gasteiger partial charge is 0.338 e. The smallest absolute Gasteiger partial charge is 0.224 e. The van der Waals surface area contributed by atoms with Crippen LogP contribution in [0.25, 0.3) is 0 Å². The van der Waals surface area contributed by atoms with Gasteiger partial charge in [0.1, 0.15) is 5.54 Å². The van der Waals surface area contributed by atoms with Crippen molar-refractivity contribution in [2.24, 2.45) is 11.8 Å². The number of amides is 1. The molecule has 3 nitrogen and oxygen atoms in total. The summed E-state index contributed by atoms with van der Waals surface area (Å²) < 4.78 is 0. The molecule has 0 atom stereocenters. The van der Waals surface area contributed by atoms with Crippen LogP contribution in [0.3, 0.4) is 0 Å². The number of rotatable bonds is 2. The Hall–Kier alpha value is -1.04. The normalized spacial score (nSPS) is 31.8. The van der Waals surface area contributed by atoms with E-state index in [1.807, 2.05) is 0 Å². The summed E-state index contributed by atoms with van der Waals surface area (Å²) in [6.07, 6.45) is 8.08. The van der Waals surface area contributed by atoms with Gasteiger partial charge >= 0.3 is 0 Å². The molecule has 2 saturated carbocycles. The van der Waals surface area contributed by atoms with Crippen molar-refractivity contribution in [3.8, 4) is 6.07 Å². The highest BCUT2D eigenvalue weighted by Gasteiger charge is 2.37. The fourth-order valence-corrected chi connectivity index (χ4v) is 3.10. The molecule has 0 unspecified atom stereocenters. The van der Waals surface area contributed by atoms with Crippen LogP contribution in [0, 0.1) is 23.2 Å². The Kier molecular flexibility index (Phi) is 3.71. The van der Waals surface area contributed by atoms with Crippen LogP contribution in [0.5, 0.6) is 0 Å². The van der Waals surface area contributed by atoms with Gasteiger partial charge in [0.15, 0.2) is 0 Å². The number of carbonyl (C=O) groups is 1. The second-order valence-corrected chi connectivity index (χ2v) is 5.85. The van der Waals surface area contributed by atoms with Gasteiger partial charge in [-0.05, 0) is 57.3 Å². The average Bonchev–Trinajstić information content (AvgIpc) is 2.79. The maximum atomic E-state index is 12.2. The standard InChI is InChI=1S/C14H22N2O/c1-11-4-6-12(7-5-11)13(17)16-14(10-15)8-2-3-9-14/h11-12H,2-9H2,1H3,(H,16,17). The zero-order valence-corrected chi connectivity index (χ0v) is 10.7. The van der Waals surface area contributed by atoms with Gasteiger partial charge in [0.2, 0.25) is 5.91 Å². The van der Waals surface area contributed by atoms with Crippen molar-refractivity contribution in [1.82, 2.24) is 5.32 Å². The minimum absolute atomic E-state index is 0.125. The summed E-state index contributed by atoms with van der Waals surface area (Å²) in [6, 6.07) is 2.32. The van der Waals surface area contributed by atoms with E-state index in [0.717, 1.165) is 57.3 Å². The van der Waals surface area contributed by atoms with E-state index in [1.165, 1.54) is 0 Å². The Bertz CT molecular complexity index is 318. The van der Waals surface area contributed by atoms with E-state index in [1.54, 1.807) is 0 Å². The topological polar surface area (TPSA) is 52.9 Å². The average molecular weight is 234 g/mol. The lowest BCUT2D eigenvalue weighted by molar-refractivity contribution is -0.127. The van der Waals surface area contributed by atoms with Gasteiger partial charge in [0, 0.05) is 5.92 Å². The fraction of sp³-hybridized carbons (Fsp3) is 0.857. The Morgan fingerprint density at radius 2 is 1.82 bits per heavy atom. The number of carbonyl (C=O) groups excluding carboxylic acids is 1. The lowest BCUT2D eigenvalue weighted by Gasteiger charge is -2.29. The highest BCUT2D eigenvalue weighted by Crippen LogP contribution is 2.32. The van der Waals surface area contributed by atoms with Gasteiger partial charge in [0.05, 0.1) is 6.07 Å². The zero-order valence-electron chi connectivity index (χ0n) is 10.7. The molecule has 0 bridgehead atoms. The van der Waals surface area contributed by atoms with Gasteiger partial charge < -0.3 is 5.32 Å². The molecule has 0 aromatic carbocycles. The highest BCUT2D eigenvalue weighted by molar-refractivity contribution is 5.80.